The quantitative estimate of drug-likeness (QED) is 0.749. The normalized spacial score (nSPS) is 11.7. The Hall–Kier alpha value is -1.07. The van der Waals surface area contributed by atoms with E-state index in [2.05, 4.69) is 36.2 Å². The first-order chi connectivity index (χ1) is 9.84. The van der Waals surface area contributed by atoms with Crippen LogP contribution >= 0.6 is 11.6 Å². The SMILES string of the molecule is CC(C)N(C)CCCCNc1cnn(C(C)C)c(=O)c1Cl. The number of hydrogen-bond acceptors (Lipinski definition) is 4. The van der Waals surface area contributed by atoms with Crippen molar-refractivity contribution in [3.8, 4) is 0 Å². The van der Waals surface area contributed by atoms with E-state index in [9.17, 15) is 4.79 Å². The molecule has 0 atom stereocenters. The van der Waals surface area contributed by atoms with Gasteiger partial charge in [0.05, 0.1) is 17.9 Å². The Morgan fingerprint density at radius 2 is 2.00 bits per heavy atom. The van der Waals surface area contributed by atoms with Crippen LogP contribution in [0.2, 0.25) is 5.02 Å². The van der Waals surface area contributed by atoms with Crippen LogP contribution in [-0.2, 0) is 0 Å². The first-order valence-electron chi connectivity index (χ1n) is 7.56. The molecule has 0 unspecified atom stereocenters. The molecule has 6 heteroatoms. The maximum Gasteiger partial charge on any atom is 0.287 e. The lowest BCUT2D eigenvalue weighted by Gasteiger charge is -2.20. The highest BCUT2D eigenvalue weighted by atomic mass is 35.5. The summed E-state index contributed by atoms with van der Waals surface area (Å²) in [6.45, 7) is 10.0. The average Bonchev–Trinajstić information content (AvgIpc) is 2.42. The lowest BCUT2D eigenvalue weighted by atomic mass is 10.2. The molecular formula is C15H27ClN4O. The van der Waals surface area contributed by atoms with E-state index in [1.165, 1.54) is 4.68 Å². The largest absolute Gasteiger partial charge is 0.382 e. The summed E-state index contributed by atoms with van der Waals surface area (Å²) in [6.07, 6.45) is 3.76. The fourth-order valence-electron chi connectivity index (χ4n) is 1.90. The highest BCUT2D eigenvalue weighted by molar-refractivity contribution is 6.32. The van der Waals surface area contributed by atoms with Crippen molar-refractivity contribution in [1.29, 1.82) is 0 Å². The minimum atomic E-state index is -0.240. The monoisotopic (exact) mass is 314 g/mol. The molecule has 1 aromatic rings. The second-order valence-corrected chi connectivity index (χ2v) is 6.30. The van der Waals surface area contributed by atoms with Crippen molar-refractivity contribution in [2.24, 2.45) is 0 Å². The molecule has 0 spiro atoms. The van der Waals surface area contributed by atoms with Gasteiger partial charge in [-0.3, -0.25) is 4.79 Å². The van der Waals surface area contributed by atoms with Crippen LogP contribution in [0.5, 0.6) is 0 Å². The summed E-state index contributed by atoms with van der Waals surface area (Å²) in [7, 11) is 2.13. The van der Waals surface area contributed by atoms with Crippen LogP contribution in [0.15, 0.2) is 11.0 Å². The van der Waals surface area contributed by atoms with Crippen LogP contribution in [0.1, 0.15) is 46.6 Å². The third kappa shape index (κ3) is 5.32. The molecule has 1 rings (SSSR count). The zero-order valence-corrected chi connectivity index (χ0v) is 14.4. The number of rotatable bonds is 8. The summed E-state index contributed by atoms with van der Waals surface area (Å²) in [5.41, 5.74) is 0.381. The number of anilines is 1. The van der Waals surface area contributed by atoms with E-state index in [1.807, 2.05) is 13.8 Å². The fourth-order valence-corrected chi connectivity index (χ4v) is 2.11. The van der Waals surface area contributed by atoms with Crippen molar-refractivity contribution < 1.29 is 0 Å². The van der Waals surface area contributed by atoms with Gasteiger partial charge in [-0.15, -0.1) is 0 Å². The molecule has 120 valence electrons. The van der Waals surface area contributed by atoms with E-state index in [0.717, 1.165) is 25.9 Å². The summed E-state index contributed by atoms with van der Waals surface area (Å²) in [5, 5.41) is 7.55. The van der Waals surface area contributed by atoms with Crippen molar-refractivity contribution in [2.45, 2.75) is 52.6 Å². The minimum absolute atomic E-state index is 0.00983. The van der Waals surface area contributed by atoms with Gasteiger partial charge in [0, 0.05) is 12.6 Å². The minimum Gasteiger partial charge on any atom is -0.382 e. The highest BCUT2D eigenvalue weighted by Gasteiger charge is 2.10. The Labute approximate surface area is 132 Å². The van der Waals surface area contributed by atoms with Crippen molar-refractivity contribution in [3.63, 3.8) is 0 Å². The topological polar surface area (TPSA) is 50.2 Å². The third-order valence-electron chi connectivity index (χ3n) is 3.57. The van der Waals surface area contributed by atoms with Gasteiger partial charge < -0.3 is 10.2 Å². The second-order valence-electron chi connectivity index (χ2n) is 5.92. The van der Waals surface area contributed by atoms with Crippen LogP contribution in [0.4, 0.5) is 5.69 Å². The number of nitrogens with zero attached hydrogens (tertiary/aromatic N) is 3. The molecule has 0 saturated carbocycles. The van der Waals surface area contributed by atoms with Gasteiger partial charge in [-0.1, -0.05) is 11.6 Å². The zero-order valence-electron chi connectivity index (χ0n) is 13.7. The van der Waals surface area contributed by atoms with Gasteiger partial charge in [-0.05, 0) is 54.1 Å². The highest BCUT2D eigenvalue weighted by Crippen LogP contribution is 2.16. The standard InChI is InChI=1S/C15H27ClN4O/c1-11(2)19(5)9-7-6-8-17-13-10-18-20(12(3)4)15(21)14(13)16/h10-12,17H,6-9H2,1-5H3. The molecule has 0 aromatic carbocycles. The second kappa shape index (κ2) is 8.39. The van der Waals surface area contributed by atoms with E-state index >= 15 is 0 Å². The number of nitrogens with one attached hydrogen (secondary N) is 1. The molecule has 0 aliphatic heterocycles. The maximum atomic E-state index is 12.0. The van der Waals surface area contributed by atoms with Crippen molar-refractivity contribution in [3.05, 3.63) is 21.6 Å². The molecule has 0 aliphatic rings. The van der Waals surface area contributed by atoms with Crippen molar-refractivity contribution in [2.75, 3.05) is 25.5 Å². The number of halogens is 1. The predicted molar refractivity (Wildman–Crippen MR) is 89.4 cm³/mol. The lowest BCUT2D eigenvalue weighted by molar-refractivity contribution is 0.269. The molecule has 5 nitrogen and oxygen atoms in total. The first kappa shape index (κ1) is 18.0. The molecule has 1 aromatic heterocycles. The van der Waals surface area contributed by atoms with Gasteiger partial charge >= 0.3 is 0 Å². The Kier molecular flexibility index (Phi) is 7.18. The first-order valence-corrected chi connectivity index (χ1v) is 7.93. The van der Waals surface area contributed by atoms with Gasteiger partial charge in [-0.2, -0.15) is 5.10 Å². The molecule has 21 heavy (non-hydrogen) atoms. The van der Waals surface area contributed by atoms with Gasteiger partial charge in [0.1, 0.15) is 5.02 Å². The summed E-state index contributed by atoms with van der Waals surface area (Å²) in [6, 6.07) is 0.579. The Balaban J connectivity index is 2.47. The van der Waals surface area contributed by atoms with Crippen LogP contribution < -0.4 is 10.9 Å². The van der Waals surface area contributed by atoms with E-state index in [4.69, 9.17) is 11.6 Å². The summed E-state index contributed by atoms with van der Waals surface area (Å²) < 4.78 is 1.39. The molecule has 1 N–H and O–H groups in total. The number of unbranched alkanes of at least 4 members (excludes halogenated alkanes) is 1. The van der Waals surface area contributed by atoms with Gasteiger partial charge in [0.15, 0.2) is 0 Å². The predicted octanol–water partition coefficient (Wildman–Crippen LogP) is 3.01. The van der Waals surface area contributed by atoms with Gasteiger partial charge in [-0.25, -0.2) is 4.68 Å². The summed E-state index contributed by atoms with van der Waals surface area (Å²) in [4.78, 5) is 14.3. The van der Waals surface area contributed by atoms with Crippen LogP contribution in [0.3, 0.4) is 0 Å². The molecule has 0 fully saturated rings. The van der Waals surface area contributed by atoms with E-state index in [0.29, 0.717) is 11.7 Å². The zero-order chi connectivity index (χ0) is 16.0. The van der Waals surface area contributed by atoms with E-state index in [1.54, 1.807) is 6.20 Å². The number of hydrogen-bond donors (Lipinski definition) is 1. The molecule has 0 saturated heterocycles. The molecule has 0 bridgehead atoms. The third-order valence-corrected chi connectivity index (χ3v) is 3.93. The molecular weight excluding hydrogens is 288 g/mol. The van der Waals surface area contributed by atoms with Gasteiger partial charge in [0.25, 0.3) is 5.56 Å². The average molecular weight is 315 g/mol. The molecule has 0 radical (unpaired) electrons. The van der Waals surface area contributed by atoms with Crippen molar-refractivity contribution >= 4 is 17.3 Å². The molecule has 0 amide bonds. The van der Waals surface area contributed by atoms with E-state index in [-0.39, 0.29) is 16.6 Å². The Morgan fingerprint density at radius 1 is 1.33 bits per heavy atom. The van der Waals surface area contributed by atoms with Crippen LogP contribution in [-0.4, -0.2) is 40.9 Å². The van der Waals surface area contributed by atoms with Gasteiger partial charge in [0.2, 0.25) is 0 Å². The summed E-state index contributed by atoms with van der Waals surface area (Å²) >= 11 is 6.10. The van der Waals surface area contributed by atoms with E-state index < -0.39 is 0 Å². The smallest absolute Gasteiger partial charge is 0.287 e. The Morgan fingerprint density at radius 3 is 2.57 bits per heavy atom. The maximum absolute atomic E-state index is 12.0. The van der Waals surface area contributed by atoms with Crippen molar-refractivity contribution in [1.82, 2.24) is 14.7 Å². The molecule has 1 heterocycles. The van der Waals surface area contributed by atoms with Crippen LogP contribution in [0, 0.1) is 0 Å². The number of aromatic nitrogens is 2. The summed E-state index contributed by atoms with van der Waals surface area (Å²) in [5.74, 6) is 0. The molecule has 0 aliphatic carbocycles. The Bertz CT molecular complexity index is 499. The lowest BCUT2D eigenvalue weighted by Crippen LogP contribution is -2.27. The fraction of sp³-hybridized carbons (Fsp3) is 0.733. The van der Waals surface area contributed by atoms with Crippen LogP contribution in [0.25, 0.3) is 0 Å².